The molecule has 0 saturated carbocycles. The van der Waals surface area contributed by atoms with E-state index in [1.165, 1.54) is 18.2 Å². The van der Waals surface area contributed by atoms with Crippen molar-refractivity contribution in [3.05, 3.63) is 57.9 Å². The van der Waals surface area contributed by atoms with Gasteiger partial charge in [0.25, 0.3) is 0 Å². The van der Waals surface area contributed by atoms with Crippen molar-refractivity contribution >= 4 is 27.5 Å². The number of amides is 1. The number of thioether (sulfide) groups is 1. The van der Waals surface area contributed by atoms with Crippen molar-refractivity contribution in [3.63, 3.8) is 0 Å². The fraction of sp³-hybridized carbons (Fsp3) is 0.429. The van der Waals surface area contributed by atoms with Crippen molar-refractivity contribution < 1.29 is 27.1 Å². The van der Waals surface area contributed by atoms with Crippen molar-refractivity contribution in [1.29, 1.82) is 0 Å². The van der Waals surface area contributed by atoms with Gasteiger partial charge in [0, 0.05) is 24.4 Å². The first kappa shape index (κ1) is 23.3. The molecule has 2 heterocycles. The lowest BCUT2D eigenvalue weighted by molar-refractivity contribution is -0.122. The summed E-state index contributed by atoms with van der Waals surface area (Å²) in [5, 5.41) is 12.9. The average molecular weight is 470 g/mol. The van der Waals surface area contributed by atoms with Crippen molar-refractivity contribution in [1.82, 2.24) is 5.32 Å². The van der Waals surface area contributed by atoms with Gasteiger partial charge in [-0.1, -0.05) is 0 Å². The van der Waals surface area contributed by atoms with E-state index in [0.717, 1.165) is 23.6 Å². The summed E-state index contributed by atoms with van der Waals surface area (Å²) in [6.07, 6.45) is 1.04. The number of carbonyl (C=O) groups is 1. The summed E-state index contributed by atoms with van der Waals surface area (Å²) < 4.78 is 43.4. The van der Waals surface area contributed by atoms with Crippen LogP contribution in [0.2, 0.25) is 0 Å². The molecule has 1 aromatic carbocycles. The lowest BCUT2D eigenvalue weighted by atomic mass is 9.75. The highest BCUT2D eigenvalue weighted by atomic mass is 32.2. The Morgan fingerprint density at radius 1 is 1.26 bits per heavy atom. The maximum absolute atomic E-state index is 13.0. The van der Waals surface area contributed by atoms with Gasteiger partial charge in [0.15, 0.2) is 15.6 Å². The summed E-state index contributed by atoms with van der Waals surface area (Å²) in [7, 11) is -3.68. The molecule has 0 aliphatic carbocycles. The maximum Gasteiger partial charge on any atom is 0.227 e. The quantitative estimate of drug-likeness (QED) is 0.599. The van der Waals surface area contributed by atoms with E-state index in [1.807, 2.05) is 0 Å². The van der Waals surface area contributed by atoms with Gasteiger partial charge in [0.05, 0.1) is 10.6 Å². The van der Waals surface area contributed by atoms with Crippen LogP contribution in [0.25, 0.3) is 0 Å². The molecule has 0 radical (unpaired) electrons. The van der Waals surface area contributed by atoms with Crippen molar-refractivity contribution in [2.75, 3.05) is 23.8 Å². The molecule has 0 spiro atoms. The number of carbonyl (C=O) groups excluding carboxylic acids is 1. The molecule has 31 heavy (non-hydrogen) atoms. The topological polar surface area (TPSA) is 114 Å². The molecule has 0 bridgehead atoms. The van der Waals surface area contributed by atoms with Crippen molar-refractivity contribution in [2.24, 2.45) is 0 Å². The van der Waals surface area contributed by atoms with E-state index in [1.54, 1.807) is 18.7 Å². The van der Waals surface area contributed by atoms with Crippen LogP contribution in [0.4, 0.5) is 4.39 Å². The van der Waals surface area contributed by atoms with Crippen LogP contribution in [0, 0.1) is 12.7 Å². The number of nitrogens with one attached hydrogen (secondary N) is 1. The van der Waals surface area contributed by atoms with Gasteiger partial charge >= 0.3 is 0 Å². The molecule has 0 atom stereocenters. The molecule has 1 aliphatic heterocycles. The number of sulfone groups is 1. The van der Waals surface area contributed by atoms with Crippen LogP contribution >= 0.6 is 11.8 Å². The fourth-order valence-corrected chi connectivity index (χ4v) is 6.10. The van der Waals surface area contributed by atoms with Gasteiger partial charge in [-0.05, 0) is 55.5 Å². The molecule has 1 fully saturated rings. The summed E-state index contributed by atoms with van der Waals surface area (Å²) in [5.74, 6) is 0.196. The first-order chi connectivity index (χ1) is 14.6. The first-order valence-corrected chi connectivity index (χ1v) is 12.6. The average Bonchev–Trinajstić information content (AvgIpc) is 2.71. The zero-order valence-electron chi connectivity index (χ0n) is 17.0. The molecule has 2 N–H and O–H groups in total. The van der Waals surface area contributed by atoms with E-state index in [0.29, 0.717) is 18.6 Å². The molecule has 168 valence electrons. The third-order valence-corrected chi connectivity index (χ3v) is 8.06. The number of rotatable bonds is 7. The third-order valence-electron chi connectivity index (χ3n) is 5.34. The fourth-order valence-electron chi connectivity index (χ4n) is 3.66. The van der Waals surface area contributed by atoms with E-state index in [-0.39, 0.29) is 29.4 Å². The number of hydrogen-bond acceptors (Lipinski definition) is 7. The van der Waals surface area contributed by atoms with Gasteiger partial charge in [-0.2, -0.15) is 11.8 Å². The summed E-state index contributed by atoms with van der Waals surface area (Å²) >= 11 is 1.71. The van der Waals surface area contributed by atoms with Crippen LogP contribution < -0.4 is 10.7 Å². The highest BCUT2D eigenvalue weighted by Gasteiger charge is 2.41. The number of aryl methyl sites for hydroxylation is 1. The minimum Gasteiger partial charge on any atom is -0.502 e. The molecular formula is C21H24FNO6S2. The Labute approximate surface area is 184 Å². The van der Waals surface area contributed by atoms with Crippen molar-refractivity contribution in [3.8, 4) is 5.75 Å². The van der Waals surface area contributed by atoms with Gasteiger partial charge in [0.1, 0.15) is 11.6 Å². The predicted octanol–water partition coefficient (Wildman–Crippen LogP) is 2.54. The lowest BCUT2D eigenvalue weighted by Crippen LogP contribution is -2.39. The second-order valence-electron chi connectivity index (χ2n) is 7.59. The molecule has 1 aromatic heterocycles. The Balaban J connectivity index is 1.71. The van der Waals surface area contributed by atoms with Crippen LogP contribution in [0.15, 0.2) is 44.4 Å². The Hall–Kier alpha value is -2.33. The zero-order valence-corrected chi connectivity index (χ0v) is 18.7. The summed E-state index contributed by atoms with van der Waals surface area (Å²) in [5.41, 5.74) is -1.39. The van der Waals surface area contributed by atoms with Crippen LogP contribution in [0.1, 0.15) is 30.8 Å². The standard InChI is InChI=1S/C21H24FNO6S2/c1-14-12-17(24)19(26)20(29-14)21(6-9-30-10-7-21)13-18(25)23-8-11-31(27,28)16-4-2-15(22)3-5-16/h2-5,12,26H,6-11,13H2,1H3,(H,23,25). The Kier molecular flexibility index (Phi) is 7.10. The summed E-state index contributed by atoms with van der Waals surface area (Å²) in [6.45, 7) is 1.49. The van der Waals surface area contributed by atoms with Crippen LogP contribution in [0.5, 0.6) is 5.75 Å². The van der Waals surface area contributed by atoms with Gasteiger partial charge < -0.3 is 14.8 Å². The summed E-state index contributed by atoms with van der Waals surface area (Å²) in [4.78, 5) is 24.7. The summed E-state index contributed by atoms with van der Waals surface area (Å²) in [6, 6.07) is 5.70. The van der Waals surface area contributed by atoms with Gasteiger partial charge in [-0.3, -0.25) is 9.59 Å². The molecule has 0 unspecified atom stereocenters. The van der Waals surface area contributed by atoms with E-state index in [9.17, 15) is 27.5 Å². The smallest absolute Gasteiger partial charge is 0.227 e. The molecule has 3 rings (SSSR count). The van der Waals surface area contributed by atoms with Gasteiger partial charge in [-0.25, -0.2) is 12.8 Å². The minimum atomic E-state index is -3.68. The van der Waals surface area contributed by atoms with Crippen LogP contribution in [-0.4, -0.2) is 43.2 Å². The molecule has 7 nitrogen and oxygen atoms in total. The first-order valence-electron chi connectivity index (χ1n) is 9.80. The highest BCUT2D eigenvalue weighted by Crippen LogP contribution is 2.43. The van der Waals surface area contributed by atoms with Crippen LogP contribution in [-0.2, 0) is 20.0 Å². The van der Waals surface area contributed by atoms with E-state index in [4.69, 9.17) is 4.42 Å². The Bertz CT molecular complexity index is 1110. The van der Waals surface area contributed by atoms with Crippen LogP contribution in [0.3, 0.4) is 0 Å². The number of aromatic hydroxyl groups is 1. The SMILES string of the molecule is Cc1cc(=O)c(O)c(C2(CC(=O)NCCS(=O)(=O)c3ccc(F)cc3)CCSCC2)o1. The largest absolute Gasteiger partial charge is 0.502 e. The second kappa shape index (κ2) is 9.44. The molecule has 1 amide bonds. The van der Waals surface area contributed by atoms with Crippen molar-refractivity contribution in [2.45, 2.75) is 36.5 Å². The minimum absolute atomic E-state index is 0.0182. The Morgan fingerprint density at radius 2 is 1.90 bits per heavy atom. The normalized spacial score (nSPS) is 16.1. The lowest BCUT2D eigenvalue weighted by Gasteiger charge is -2.35. The third kappa shape index (κ3) is 5.48. The van der Waals surface area contributed by atoms with E-state index in [2.05, 4.69) is 5.32 Å². The maximum atomic E-state index is 13.0. The van der Waals surface area contributed by atoms with Gasteiger partial charge in [-0.15, -0.1) is 0 Å². The molecular weight excluding hydrogens is 445 g/mol. The monoisotopic (exact) mass is 469 g/mol. The number of halogens is 1. The van der Waals surface area contributed by atoms with E-state index >= 15 is 0 Å². The second-order valence-corrected chi connectivity index (χ2v) is 10.9. The molecule has 10 heteroatoms. The van der Waals surface area contributed by atoms with Gasteiger partial charge in [0.2, 0.25) is 17.1 Å². The molecule has 1 aliphatic rings. The highest BCUT2D eigenvalue weighted by molar-refractivity contribution is 7.99. The number of benzene rings is 1. The van der Waals surface area contributed by atoms with E-state index < -0.39 is 38.2 Å². The number of hydrogen-bond donors (Lipinski definition) is 2. The Morgan fingerprint density at radius 3 is 2.55 bits per heavy atom. The zero-order chi connectivity index (χ0) is 22.6. The molecule has 1 saturated heterocycles. The molecule has 2 aromatic rings. The predicted molar refractivity (Wildman–Crippen MR) is 116 cm³/mol.